The number of hydrogen-bond acceptors (Lipinski definition) is 3. The molecule has 0 amide bonds. The number of hydrogen-bond donors (Lipinski definition) is 0. The second kappa shape index (κ2) is 3.32. The highest BCUT2D eigenvalue weighted by Crippen LogP contribution is 2.33. The van der Waals surface area contributed by atoms with E-state index in [1.165, 1.54) is 0 Å². The number of methoxy groups -OCH3 is 1. The first-order valence-corrected chi connectivity index (χ1v) is 4.31. The lowest BCUT2D eigenvalue weighted by Gasteiger charge is -2.31. The Balaban J connectivity index is 2.55. The van der Waals surface area contributed by atoms with Crippen molar-refractivity contribution in [3.8, 4) is 0 Å². The van der Waals surface area contributed by atoms with Crippen LogP contribution in [0.3, 0.4) is 0 Å². The molecule has 0 unspecified atom stereocenters. The second-order valence-corrected chi connectivity index (χ2v) is 4.32. The van der Waals surface area contributed by atoms with Gasteiger partial charge in [-0.1, -0.05) is 20.8 Å². The minimum atomic E-state index is -0.780. The Morgan fingerprint density at radius 2 is 1.75 bits per heavy atom. The van der Waals surface area contributed by atoms with Crippen molar-refractivity contribution in [3.63, 3.8) is 0 Å². The fraction of sp³-hybridized carbons (Fsp3) is 1.00. The van der Waals surface area contributed by atoms with Gasteiger partial charge in [-0.3, -0.25) is 0 Å². The molecule has 0 aliphatic carbocycles. The predicted octanol–water partition coefficient (Wildman–Crippen LogP) is 1.77. The topological polar surface area (TPSA) is 27.7 Å². The normalized spacial score (nSPS) is 23.0. The van der Waals surface area contributed by atoms with E-state index in [1.807, 2.05) is 0 Å². The summed E-state index contributed by atoms with van der Waals surface area (Å²) in [5.74, 6) is -0.780. The molecule has 0 aromatic carbocycles. The van der Waals surface area contributed by atoms with Crippen LogP contribution in [0.15, 0.2) is 0 Å². The molecule has 1 aliphatic rings. The van der Waals surface area contributed by atoms with E-state index in [2.05, 4.69) is 20.8 Å². The largest absolute Gasteiger partial charge is 0.331 e. The zero-order chi connectivity index (χ0) is 9.24. The van der Waals surface area contributed by atoms with Gasteiger partial charge in [0.2, 0.25) is 0 Å². The molecule has 0 N–H and O–H groups in total. The van der Waals surface area contributed by atoms with Crippen molar-refractivity contribution < 1.29 is 14.2 Å². The SMILES string of the molecule is COC1(CC(C)(C)C)OCCO1. The van der Waals surface area contributed by atoms with Gasteiger partial charge in [0.05, 0.1) is 13.2 Å². The van der Waals surface area contributed by atoms with Gasteiger partial charge in [-0.2, -0.15) is 0 Å². The third-order valence-electron chi connectivity index (χ3n) is 1.79. The summed E-state index contributed by atoms with van der Waals surface area (Å²) in [4.78, 5) is 0. The standard InChI is InChI=1S/C9H18O3/c1-8(2,3)7-9(10-4)11-5-6-12-9/h5-7H2,1-4H3. The van der Waals surface area contributed by atoms with E-state index in [1.54, 1.807) is 7.11 Å². The monoisotopic (exact) mass is 174 g/mol. The lowest BCUT2D eigenvalue weighted by Crippen LogP contribution is -2.36. The summed E-state index contributed by atoms with van der Waals surface area (Å²) in [5.41, 5.74) is 0.153. The van der Waals surface area contributed by atoms with E-state index in [0.717, 1.165) is 6.42 Å². The van der Waals surface area contributed by atoms with Crippen LogP contribution in [0, 0.1) is 5.41 Å². The Morgan fingerprint density at radius 3 is 2.08 bits per heavy atom. The molecule has 1 heterocycles. The third-order valence-corrected chi connectivity index (χ3v) is 1.79. The van der Waals surface area contributed by atoms with Crippen LogP contribution in [0.5, 0.6) is 0 Å². The molecule has 1 rings (SSSR count). The maximum absolute atomic E-state index is 5.42. The van der Waals surface area contributed by atoms with E-state index >= 15 is 0 Å². The Hall–Kier alpha value is -0.120. The Morgan fingerprint density at radius 1 is 1.25 bits per heavy atom. The van der Waals surface area contributed by atoms with Crippen molar-refractivity contribution in [1.82, 2.24) is 0 Å². The fourth-order valence-electron chi connectivity index (χ4n) is 1.38. The van der Waals surface area contributed by atoms with Crippen LogP contribution >= 0.6 is 0 Å². The minimum Gasteiger partial charge on any atom is -0.331 e. The van der Waals surface area contributed by atoms with Gasteiger partial charge >= 0.3 is 0 Å². The zero-order valence-electron chi connectivity index (χ0n) is 8.35. The highest BCUT2D eigenvalue weighted by molar-refractivity contribution is 4.72. The Kier molecular flexibility index (Phi) is 2.76. The molecular weight excluding hydrogens is 156 g/mol. The van der Waals surface area contributed by atoms with Crippen molar-refractivity contribution in [2.45, 2.75) is 33.2 Å². The van der Waals surface area contributed by atoms with Crippen molar-refractivity contribution >= 4 is 0 Å². The molecule has 0 radical (unpaired) electrons. The summed E-state index contributed by atoms with van der Waals surface area (Å²) in [5, 5.41) is 0. The Labute approximate surface area is 74.0 Å². The summed E-state index contributed by atoms with van der Waals surface area (Å²) in [6.45, 7) is 7.67. The number of rotatable bonds is 2. The average molecular weight is 174 g/mol. The van der Waals surface area contributed by atoms with Crippen molar-refractivity contribution in [2.75, 3.05) is 20.3 Å². The molecule has 0 aromatic heterocycles. The zero-order valence-corrected chi connectivity index (χ0v) is 8.35. The molecule has 0 saturated carbocycles. The summed E-state index contributed by atoms with van der Waals surface area (Å²) < 4.78 is 16.1. The molecule has 3 heteroatoms. The average Bonchev–Trinajstić information content (AvgIpc) is 2.34. The van der Waals surface area contributed by atoms with Crippen molar-refractivity contribution in [2.24, 2.45) is 5.41 Å². The van der Waals surface area contributed by atoms with Gasteiger partial charge in [0.1, 0.15) is 0 Å². The first-order valence-electron chi connectivity index (χ1n) is 4.31. The first-order chi connectivity index (χ1) is 5.47. The molecule has 1 saturated heterocycles. The van der Waals surface area contributed by atoms with E-state index in [9.17, 15) is 0 Å². The molecule has 0 aromatic rings. The smallest absolute Gasteiger partial charge is 0.283 e. The highest BCUT2D eigenvalue weighted by atomic mass is 16.9. The predicted molar refractivity (Wildman–Crippen MR) is 45.7 cm³/mol. The minimum absolute atomic E-state index is 0.153. The van der Waals surface area contributed by atoms with Crippen LogP contribution in [0.2, 0.25) is 0 Å². The Bertz CT molecular complexity index is 142. The molecule has 3 nitrogen and oxygen atoms in total. The molecular formula is C9H18O3. The van der Waals surface area contributed by atoms with Crippen molar-refractivity contribution in [1.29, 1.82) is 0 Å². The molecule has 1 aliphatic heterocycles. The van der Waals surface area contributed by atoms with Crippen LogP contribution in [0.4, 0.5) is 0 Å². The lowest BCUT2D eigenvalue weighted by atomic mass is 9.91. The summed E-state index contributed by atoms with van der Waals surface area (Å²) >= 11 is 0. The maximum Gasteiger partial charge on any atom is 0.283 e. The van der Waals surface area contributed by atoms with E-state index in [-0.39, 0.29) is 5.41 Å². The fourth-order valence-corrected chi connectivity index (χ4v) is 1.38. The second-order valence-electron chi connectivity index (χ2n) is 4.32. The molecule has 72 valence electrons. The van der Waals surface area contributed by atoms with Crippen LogP contribution < -0.4 is 0 Å². The van der Waals surface area contributed by atoms with Crippen LogP contribution in [0.1, 0.15) is 27.2 Å². The van der Waals surface area contributed by atoms with Crippen molar-refractivity contribution in [3.05, 3.63) is 0 Å². The van der Waals surface area contributed by atoms with Crippen LogP contribution in [0.25, 0.3) is 0 Å². The molecule has 0 spiro atoms. The summed E-state index contributed by atoms with van der Waals surface area (Å²) in [7, 11) is 1.62. The molecule has 12 heavy (non-hydrogen) atoms. The maximum atomic E-state index is 5.42. The lowest BCUT2D eigenvalue weighted by molar-refractivity contribution is -0.331. The summed E-state index contributed by atoms with van der Waals surface area (Å²) in [6.07, 6.45) is 0.760. The van der Waals surface area contributed by atoms with E-state index in [4.69, 9.17) is 14.2 Å². The molecule has 0 bridgehead atoms. The highest BCUT2D eigenvalue weighted by Gasteiger charge is 2.40. The van der Waals surface area contributed by atoms with Gasteiger partial charge < -0.3 is 14.2 Å². The van der Waals surface area contributed by atoms with Gasteiger partial charge in [-0.25, -0.2) is 0 Å². The van der Waals surface area contributed by atoms with E-state index in [0.29, 0.717) is 13.2 Å². The van der Waals surface area contributed by atoms with Crippen LogP contribution in [-0.2, 0) is 14.2 Å². The quantitative estimate of drug-likeness (QED) is 0.638. The van der Waals surface area contributed by atoms with Gasteiger partial charge in [0, 0.05) is 13.5 Å². The third kappa shape index (κ3) is 2.44. The van der Waals surface area contributed by atoms with Gasteiger partial charge in [0.25, 0.3) is 5.97 Å². The number of ether oxygens (including phenoxy) is 3. The van der Waals surface area contributed by atoms with Gasteiger partial charge in [-0.05, 0) is 5.41 Å². The van der Waals surface area contributed by atoms with Gasteiger partial charge in [0.15, 0.2) is 0 Å². The van der Waals surface area contributed by atoms with Crippen LogP contribution in [-0.4, -0.2) is 26.3 Å². The molecule has 0 atom stereocenters. The summed E-state index contributed by atoms with van der Waals surface area (Å²) in [6, 6.07) is 0. The molecule has 1 fully saturated rings. The first kappa shape index (κ1) is 9.96. The van der Waals surface area contributed by atoms with Gasteiger partial charge in [-0.15, -0.1) is 0 Å². The van der Waals surface area contributed by atoms with E-state index < -0.39 is 5.97 Å².